The molecule has 0 saturated carbocycles. The quantitative estimate of drug-likeness (QED) is 0.637. The molecule has 1 aliphatic rings. The second-order valence-electron chi connectivity index (χ2n) is 6.54. The molecule has 1 aliphatic heterocycles. The van der Waals surface area contributed by atoms with Gasteiger partial charge in [-0.05, 0) is 31.0 Å². The highest BCUT2D eigenvalue weighted by atomic mass is 16.5. The van der Waals surface area contributed by atoms with Gasteiger partial charge in [-0.3, -0.25) is 4.57 Å². The molecule has 9 heteroatoms. The number of nitrogens with one attached hydrogen (secondary N) is 1. The Balaban J connectivity index is 1.65. The summed E-state index contributed by atoms with van der Waals surface area (Å²) in [5.74, 6) is 2.14. The number of benzene rings is 1. The number of nitrogens with zero attached hydrogens (tertiary/aromatic N) is 4. The van der Waals surface area contributed by atoms with E-state index in [9.17, 15) is 5.11 Å². The summed E-state index contributed by atoms with van der Waals surface area (Å²) in [6.45, 7) is 0.481. The third kappa shape index (κ3) is 3.46. The molecular weight excluding hydrogens is 362 g/mol. The monoisotopic (exact) mass is 385 g/mol. The van der Waals surface area contributed by atoms with Gasteiger partial charge in [-0.25, -0.2) is 15.0 Å². The van der Waals surface area contributed by atoms with Crippen molar-refractivity contribution >= 4 is 17.1 Å². The molecule has 9 nitrogen and oxygen atoms in total. The molecule has 0 spiro atoms. The van der Waals surface area contributed by atoms with Crippen molar-refractivity contribution in [3.05, 3.63) is 36.3 Å². The standard InChI is InChI=1S/C19H23N5O4/c1-26-13-3-5-16(27-2)12(7-13)8-21-19-23-15-9-20-11-22-18(15)24(19)17-6-4-14(10-25)28-17/h3,5,7,9,11,14,17,25H,4,6,8,10H2,1-2H3,(H,21,23). The lowest BCUT2D eigenvalue weighted by atomic mass is 10.2. The van der Waals surface area contributed by atoms with Crippen LogP contribution in [0, 0.1) is 0 Å². The fourth-order valence-electron chi connectivity index (χ4n) is 3.45. The third-order valence-corrected chi connectivity index (χ3v) is 4.86. The van der Waals surface area contributed by atoms with Crippen LogP contribution in [-0.2, 0) is 11.3 Å². The Morgan fingerprint density at radius 1 is 1.29 bits per heavy atom. The number of aliphatic hydroxyl groups is 1. The molecule has 2 atom stereocenters. The van der Waals surface area contributed by atoms with Gasteiger partial charge in [0.15, 0.2) is 5.65 Å². The normalized spacial score (nSPS) is 19.1. The van der Waals surface area contributed by atoms with Gasteiger partial charge in [0.1, 0.15) is 29.6 Å². The van der Waals surface area contributed by atoms with Gasteiger partial charge in [0.2, 0.25) is 5.95 Å². The lowest BCUT2D eigenvalue weighted by Gasteiger charge is -2.18. The van der Waals surface area contributed by atoms with E-state index >= 15 is 0 Å². The van der Waals surface area contributed by atoms with Crippen LogP contribution in [0.5, 0.6) is 11.5 Å². The summed E-state index contributed by atoms with van der Waals surface area (Å²) in [6.07, 6.45) is 4.32. The van der Waals surface area contributed by atoms with Crippen LogP contribution in [0.2, 0.25) is 0 Å². The number of aromatic nitrogens is 4. The number of aliphatic hydroxyl groups excluding tert-OH is 1. The minimum Gasteiger partial charge on any atom is -0.497 e. The van der Waals surface area contributed by atoms with Crippen LogP contribution in [0.15, 0.2) is 30.7 Å². The van der Waals surface area contributed by atoms with Gasteiger partial charge in [0, 0.05) is 12.1 Å². The zero-order chi connectivity index (χ0) is 19.5. The fraction of sp³-hybridized carbons (Fsp3) is 0.421. The number of ether oxygens (including phenoxy) is 3. The Kier molecular flexibility index (Phi) is 5.27. The lowest BCUT2D eigenvalue weighted by Crippen LogP contribution is -2.17. The van der Waals surface area contributed by atoms with Gasteiger partial charge in [0.05, 0.1) is 33.1 Å². The number of hydrogen-bond donors (Lipinski definition) is 2. The van der Waals surface area contributed by atoms with Crippen molar-refractivity contribution < 1.29 is 19.3 Å². The van der Waals surface area contributed by atoms with Crippen LogP contribution in [0.4, 0.5) is 5.95 Å². The van der Waals surface area contributed by atoms with Crippen molar-refractivity contribution in [3.63, 3.8) is 0 Å². The second-order valence-corrected chi connectivity index (χ2v) is 6.54. The van der Waals surface area contributed by atoms with Crippen LogP contribution in [0.1, 0.15) is 24.6 Å². The van der Waals surface area contributed by atoms with Crippen LogP contribution < -0.4 is 14.8 Å². The molecular formula is C19H23N5O4. The third-order valence-electron chi connectivity index (χ3n) is 4.86. The van der Waals surface area contributed by atoms with Crippen LogP contribution >= 0.6 is 0 Å². The predicted octanol–water partition coefficient (Wildman–Crippen LogP) is 2.13. The van der Waals surface area contributed by atoms with Gasteiger partial charge in [-0.15, -0.1) is 0 Å². The number of imidazole rings is 1. The first-order chi connectivity index (χ1) is 13.7. The molecule has 0 radical (unpaired) electrons. The van der Waals surface area contributed by atoms with E-state index in [1.807, 2.05) is 22.8 Å². The fourth-order valence-corrected chi connectivity index (χ4v) is 3.45. The van der Waals surface area contributed by atoms with E-state index < -0.39 is 0 Å². The minimum atomic E-state index is -0.244. The zero-order valence-corrected chi connectivity index (χ0v) is 15.8. The zero-order valence-electron chi connectivity index (χ0n) is 15.8. The smallest absolute Gasteiger partial charge is 0.207 e. The SMILES string of the molecule is COc1ccc(OC)c(CNc2nc3cncnc3n2C2CCC(CO)O2)c1. The van der Waals surface area contributed by atoms with Crippen LogP contribution in [0.25, 0.3) is 11.2 Å². The van der Waals surface area contributed by atoms with E-state index in [1.54, 1.807) is 20.4 Å². The Hall–Kier alpha value is -2.91. The second kappa shape index (κ2) is 7.99. The van der Waals surface area contributed by atoms with E-state index in [2.05, 4.69) is 20.3 Å². The summed E-state index contributed by atoms with van der Waals surface area (Å²) in [4.78, 5) is 13.1. The first-order valence-electron chi connectivity index (χ1n) is 9.12. The van der Waals surface area contributed by atoms with Crippen molar-refractivity contribution in [3.8, 4) is 11.5 Å². The first-order valence-corrected chi connectivity index (χ1v) is 9.12. The Bertz CT molecular complexity index is 961. The van der Waals surface area contributed by atoms with E-state index in [4.69, 9.17) is 14.2 Å². The van der Waals surface area contributed by atoms with Crippen molar-refractivity contribution in [1.82, 2.24) is 19.5 Å². The van der Waals surface area contributed by atoms with Crippen molar-refractivity contribution in [1.29, 1.82) is 0 Å². The highest BCUT2D eigenvalue weighted by Crippen LogP contribution is 2.34. The molecule has 28 heavy (non-hydrogen) atoms. The Labute approximate surface area is 162 Å². The molecule has 2 aromatic heterocycles. The summed E-state index contributed by atoms with van der Waals surface area (Å²) >= 11 is 0. The minimum absolute atomic E-state index is 0.00187. The maximum Gasteiger partial charge on any atom is 0.207 e. The molecule has 1 fully saturated rings. The molecule has 2 unspecified atom stereocenters. The molecule has 3 aromatic rings. The average molecular weight is 385 g/mol. The van der Waals surface area contributed by atoms with Crippen molar-refractivity contribution in [2.75, 3.05) is 26.1 Å². The summed E-state index contributed by atoms with van der Waals surface area (Å²) in [5, 5.41) is 12.8. The number of rotatable bonds is 7. The molecule has 1 aromatic carbocycles. The number of methoxy groups -OCH3 is 2. The molecule has 0 amide bonds. The van der Waals surface area contributed by atoms with Gasteiger partial charge < -0.3 is 24.6 Å². The van der Waals surface area contributed by atoms with Crippen molar-refractivity contribution in [2.24, 2.45) is 0 Å². The first kappa shape index (κ1) is 18.5. The van der Waals surface area contributed by atoms with E-state index in [-0.39, 0.29) is 18.9 Å². The van der Waals surface area contributed by atoms with Crippen molar-refractivity contribution in [2.45, 2.75) is 31.7 Å². The molecule has 1 saturated heterocycles. The van der Waals surface area contributed by atoms with Crippen LogP contribution in [-0.4, -0.2) is 51.6 Å². The van der Waals surface area contributed by atoms with E-state index in [0.29, 0.717) is 23.7 Å². The number of hydrogen-bond acceptors (Lipinski definition) is 8. The highest BCUT2D eigenvalue weighted by Gasteiger charge is 2.29. The predicted molar refractivity (Wildman–Crippen MR) is 102 cm³/mol. The number of fused-ring (bicyclic) bond motifs is 1. The molecule has 3 heterocycles. The average Bonchev–Trinajstić information content (AvgIpc) is 3.35. The summed E-state index contributed by atoms with van der Waals surface area (Å²) in [6, 6.07) is 5.65. The van der Waals surface area contributed by atoms with Crippen LogP contribution in [0.3, 0.4) is 0 Å². The number of anilines is 1. The van der Waals surface area contributed by atoms with Gasteiger partial charge in [-0.1, -0.05) is 0 Å². The summed E-state index contributed by atoms with van der Waals surface area (Å²) < 4.78 is 18.7. The largest absolute Gasteiger partial charge is 0.497 e. The molecule has 4 rings (SSSR count). The summed E-state index contributed by atoms with van der Waals surface area (Å²) in [7, 11) is 3.27. The Morgan fingerprint density at radius 3 is 2.93 bits per heavy atom. The van der Waals surface area contributed by atoms with Gasteiger partial charge in [0.25, 0.3) is 0 Å². The molecule has 0 bridgehead atoms. The topological polar surface area (TPSA) is 104 Å². The Morgan fingerprint density at radius 2 is 2.18 bits per heavy atom. The molecule has 148 valence electrons. The maximum atomic E-state index is 9.41. The maximum absolute atomic E-state index is 9.41. The van der Waals surface area contributed by atoms with Gasteiger partial charge in [-0.2, -0.15) is 0 Å². The lowest BCUT2D eigenvalue weighted by molar-refractivity contribution is -0.0197. The highest BCUT2D eigenvalue weighted by molar-refractivity contribution is 5.73. The van der Waals surface area contributed by atoms with E-state index in [0.717, 1.165) is 29.9 Å². The molecule has 2 N–H and O–H groups in total. The summed E-state index contributed by atoms with van der Waals surface area (Å²) in [5.41, 5.74) is 2.31. The van der Waals surface area contributed by atoms with E-state index in [1.165, 1.54) is 6.33 Å². The van der Waals surface area contributed by atoms with Gasteiger partial charge >= 0.3 is 0 Å². The molecule has 0 aliphatic carbocycles.